The Bertz CT molecular complexity index is 3220. The van der Waals surface area contributed by atoms with Gasteiger partial charge in [0, 0.05) is 10.9 Å². The molecule has 0 bridgehead atoms. The molecule has 49 heavy (non-hydrogen) atoms. The normalized spacial score (nSPS) is 13.7. The topological polar surface area (TPSA) is 17.8 Å². The quantitative estimate of drug-likeness (QED) is 0.177. The van der Waals surface area contributed by atoms with Gasteiger partial charge in [0.2, 0.25) is 0 Å². The van der Waals surface area contributed by atoms with E-state index in [0.29, 0.717) is 5.56 Å². The van der Waals surface area contributed by atoms with Crippen LogP contribution in [0.15, 0.2) is 182 Å². The Morgan fingerprint density at radius 2 is 1.00 bits per heavy atom. The molecule has 0 fully saturated rings. The van der Waals surface area contributed by atoms with E-state index in [1.807, 2.05) is 72.8 Å². The fraction of sp³-hybridized carbons (Fsp3) is 0. The van der Waals surface area contributed by atoms with Crippen LogP contribution >= 0.6 is 0 Å². The average molecular weight is 630 g/mol. The van der Waals surface area contributed by atoms with Crippen LogP contribution in [0.2, 0.25) is 0 Å². The van der Waals surface area contributed by atoms with Crippen molar-refractivity contribution in [1.29, 1.82) is 0 Å². The van der Waals surface area contributed by atoms with E-state index in [2.05, 4.69) is 71.3 Å². The highest BCUT2D eigenvalue weighted by atomic mass is 15.1. The predicted molar refractivity (Wildman–Crippen MR) is 207 cm³/mol. The van der Waals surface area contributed by atoms with Crippen LogP contribution in [0.5, 0.6) is 0 Å². The maximum absolute atomic E-state index is 9.40. The number of imidazole rings is 1. The smallest absolute Gasteiger partial charge is 0.145 e. The number of fused-ring (bicyclic) bond motifs is 5. The van der Waals surface area contributed by atoms with E-state index >= 15 is 0 Å². The zero-order valence-corrected chi connectivity index (χ0v) is 26.2. The summed E-state index contributed by atoms with van der Waals surface area (Å²) in [5.74, 6) is 0.825. The third kappa shape index (κ3) is 4.38. The van der Waals surface area contributed by atoms with E-state index in [0.717, 1.165) is 71.6 Å². The number of nitrogens with zero attached hydrogens (tertiary/aromatic N) is 2. The highest BCUT2D eigenvalue weighted by Gasteiger charge is 2.19. The van der Waals surface area contributed by atoms with Gasteiger partial charge in [0.05, 0.1) is 26.3 Å². The standard InChI is InChI=1S/C47H30N2/c1-2-14-35-30-36(29-24-31(35)12-1)46-40-19-7-5-17-38(40)45(39-18-6-8-20-41(39)46)33-25-27-34(28-26-33)47-48-42-21-9-10-22-44(42)49(47)43-23-11-15-32-13-3-4-16-37(32)43/h1-30H/i1D,2D,12D,14D,24D,29D,30D. The summed E-state index contributed by atoms with van der Waals surface area (Å²) in [6.45, 7) is 0. The first-order valence-electron chi connectivity index (χ1n) is 19.7. The Labute approximate surface area is 294 Å². The lowest BCUT2D eigenvalue weighted by Crippen LogP contribution is -1.98. The molecular formula is C47H30N2. The summed E-state index contributed by atoms with van der Waals surface area (Å²) in [6.07, 6.45) is 0. The van der Waals surface area contributed by atoms with Gasteiger partial charge in [-0.05, 0) is 84.2 Å². The number of benzene rings is 9. The van der Waals surface area contributed by atoms with E-state index < -0.39 is 18.1 Å². The molecule has 0 saturated heterocycles. The van der Waals surface area contributed by atoms with Crippen molar-refractivity contribution in [2.75, 3.05) is 0 Å². The Morgan fingerprint density at radius 3 is 1.73 bits per heavy atom. The van der Waals surface area contributed by atoms with Crippen LogP contribution in [0, 0.1) is 0 Å². The van der Waals surface area contributed by atoms with E-state index in [1.54, 1.807) is 0 Å². The van der Waals surface area contributed by atoms with Crippen molar-refractivity contribution in [3.63, 3.8) is 0 Å². The maximum Gasteiger partial charge on any atom is 0.145 e. The molecule has 0 amide bonds. The summed E-state index contributed by atoms with van der Waals surface area (Å²) < 4.78 is 63.6. The third-order valence-corrected chi connectivity index (χ3v) is 9.43. The second-order valence-electron chi connectivity index (χ2n) is 12.2. The molecule has 0 atom stereocenters. The molecule has 0 aliphatic rings. The fourth-order valence-electron chi connectivity index (χ4n) is 7.27. The Balaban J connectivity index is 1.21. The van der Waals surface area contributed by atoms with Gasteiger partial charge in [-0.2, -0.15) is 0 Å². The molecule has 10 rings (SSSR count). The van der Waals surface area contributed by atoms with Gasteiger partial charge in [-0.15, -0.1) is 0 Å². The average Bonchev–Trinajstić information content (AvgIpc) is 3.62. The Hall–Kier alpha value is -6.51. The Morgan fingerprint density at radius 1 is 0.429 bits per heavy atom. The molecule has 1 heterocycles. The van der Waals surface area contributed by atoms with Crippen LogP contribution < -0.4 is 0 Å². The first-order valence-corrected chi connectivity index (χ1v) is 16.2. The molecule has 9 aromatic carbocycles. The molecule has 10 aromatic rings. The molecule has 0 aliphatic carbocycles. The van der Waals surface area contributed by atoms with Crippen LogP contribution in [-0.2, 0) is 0 Å². The predicted octanol–water partition coefficient (Wildman–Crippen LogP) is 12.6. The van der Waals surface area contributed by atoms with E-state index in [4.69, 9.17) is 11.8 Å². The van der Waals surface area contributed by atoms with Crippen LogP contribution in [0.25, 0.3) is 93.5 Å². The van der Waals surface area contributed by atoms with Crippen molar-refractivity contribution in [2.24, 2.45) is 0 Å². The van der Waals surface area contributed by atoms with Gasteiger partial charge in [-0.1, -0.05) is 158 Å². The lowest BCUT2D eigenvalue weighted by Gasteiger charge is -2.18. The summed E-state index contributed by atoms with van der Waals surface area (Å²) in [5, 5.41) is 5.41. The van der Waals surface area contributed by atoms with Crippen molar-refractivity contribution in [3.05, 3.63) is 182 Å². The van der Waals surface area contributed by atoms with E-state index in [-0.39, 0.29) is 40.5 Å². The zero-order valence-electron chi connectivity index (χ0n) is 33.2. The van der Waals surface area contributed by atoms with Crippen LogP contribution in [0.1, 0.15) is 9.60 Å². The first-order chi connectivity index (χ1) is 27.2. The van der Waals surface area contributed by atoms with Crippen LogP contribution in [0.4, 0.5) is 0 Å². The maximum atomic E-state index is 9.40. The lowest BCUT2D eigenvalue weighted by molar-refractivity contribution is 1.11. The third-order valence-electron chi connectivity index (χ3n) is 9.43. The fourth-order valence-corrected chi connectivity index (χ4v) is 7.27. The molecule has 2 nitrogen and oxygen atoms in total. The number of para-hydroxylation sites is 2. The Kier molecular flexibility index (Phi) is 4.82. The molecule has 0 spiro atoms. The molecule has 0 unspecified atom stereocenters. The zero-order chi connectivity index (χ0) is 38.4. The van der Waals surface area contributed by atoms with Gasteiger partial charge in [0.1, 0.15) is 5.82 Å². The minimum Gasteiger partial charge on any atom is -0.292 e. The first kappa shape index (κ1) is 21.4. The van der Waals surface area contributed by atoms with Gasteiger partial charge in [0.25, 0.3) is 0 Å². The van der Waals surface area contributed by atoms with Crippen molar-refractivity contribution in [2.45, 2.75) is 0 Å². The number of rotatable bonds is 4. The van der Waals surface area contributed by atoms with Crippen molar-refractivity contribution in [1.82, 2.24) is 9.55 Å². The second kappa shape index (κ2) is 11.0. The minimum absolute atomic E-state index is 0.0608. The summed E-state index contributed by atoms with van der Waals surface area (Å²) in [6, 6.07) is 44.4. The van der Waals surface area contributed by atoms with E-state index in [1.165, 1.54) is 0 Å². The van der Waals surface area contributed by atoms with Gasteiger partial charge in [0.15, 0.2) is 0 Å². The van der Waals surface area contributed by atoms with Gasteiger partial charge in [-0.3, -0.25) is 4.57 Å². The van der Waals surface area contributed by atoms with Crippen LogP contribution in [-0.4, -0.2) is 9.55 Å². The molecule has 1 aromatic heterocycles. The summed E-state index contributed by atoms with van der Waals surface area (Å²) >= 11 is 0. The van der Waals surface area contributed by atoms with Gasteiger partial charge >= 0.3 is 0 Å². The molecule has 0 radical (unpaired) electrons. The lowest BCUT2D eigenvalue weighted by atomic mass is 9.85. The molecule has 2 heteroatoms. The SMILES string of the molecule is [2H]c1c([2H])c([2H])c2c([2H])c(-c3c4ccccc4c(-c4ccc(-c5nc6ccccc6n5-c5cccc6ccccc56)cc4)c4ccccc34)c([2H])c([2H])c2c1[2H]. The molecule has 228 valence electrons. The van der Waals surface area contributed by atoms with Crippen LogP contribution in [0.3, 0.4) is 0 Å². The largest absolute Gasteiger partial charge is 0.292 e. The minimum atomic E-state index is -0.486. The highest BCUT2D eigenvalue weighted by molar-refractivity contribution is 6.21. The van der Waals surface area contributed by atoms with Gasteiger partial charge in [-0.25, -0.2) is 4.98 Å². The second-order valence-corrected chi connectivity index (χ2v) is 12.2. The summed E-state index contributed by atoms with van der Waals surface area (Å²) in [4.78, 5) is 5.15. The summed E-state index contributed by atoms with van der Waals surface area (Å²) in [7, 11) is 0. The molecule has 0 saturated carbocycles. The van der Waals surface area contributed by atoms with E-state index in [9.17, 15) is 2.74 Å². The van der Waals surface area contributed by atoms with Crippen molar-refractivity contribution in [3.8, 4) is 39.3 Å². The molecule has 0 aliphatic heterocycles. The summed E-state index contributed by atoms with van der Waals surface area (Å²) in [5.41, 5.74) is 6.59. The number of aromatic nitrogens is 2. The number of hydrogen-bond acceptors (Lipinski definition) is 1. The van der Waals surface area contributed by atoms with Crippen molar-refractivity contribution >= 4 is 54.1 Å². The monoisotopic (exact) mass is 629 g/mol. The van der Waals surface area contributed by atoms with Gasteiger partial charge < -0.3 is 0 Å². The van der Waals surface area contributed by atoms with Crippen molar-refractivity contribution < 1.29 is 9.60 Å². The highest BCUT2D eigenvalue weighted by Crippen LogP contribution is 2.44. The number of hydrogen-bond donors (Lipinski definition) is 0. The molecular weight excluding hydrogens is 593 g/mol. The molecule has 0 N–H and O–H groups in total.